The van der Waals surface area contributed by atoms with E-state index in [1.807, 2.05) is 23.9 Å². The van der Waals surface area contributed by atoms with Crippen LogP contribution in [0.2, 0.25) is 0 Å². The Labute approximate surface area is 116 Å². The van der Waals surface area contributed by atoms with E-state index >= 15 is 0 Å². The molecule has 0 aromatic rings. The summed E-state index contributed by atoms with van der Waals surface area (Å²) in [6, 6.07) is 0. The minimum Gasteiger partial charge on any atom is -0.379 e. The van der Waals surface area contributed by atoms with E-state index in [2.05, 4.69) is 0 Å². The molecule has 1 aliphatic carbocycles. The number of hydrogen-bond acceptors (Lipinski definition) is 3. The van der Waals surface area contributed by atoms with Crippen LogP contribution in [0.3, 0.4) is 0 Å². The van der Waals surface area contributed by atoms with Crippen LogP contribution < -0.4 is 0 Å². The van der Waals surface area contributed by atoms with Crippen LogP contribution in [0.25, 0.3) is 0 Å². The van der Waals surface area contributed by atoms with Crippen LogP contribution >= 0.6 is 0 Å². The van der Waals surface area contributed by atoms with Gasteiger partial charge in [0.05, 0.1) is 0 Å². The van der Waals surface area contributed by atoms with Crippen molar-refractivity contribution in [2.45, 2.75) is 50.5 Å². The van der Waals surface area contributed by atoms with Gasteiger partial charge in [-0.15, -0.1) is 0 Å². The lowest BCUT2D eigenvalue weighted by Crippen LogP contribution is -2.58. The number of carbonyl (C=O) groups is 1. The highest BCUT2D eigenvalue weighted by molar-refractivity contribution is 5.86. The normalized spacial score (nSPS) is 30.1. The Kier molecular flexibility index (Phi) is 4.85. The van der Waals surface area contributed by atoms with E-state index in [9.17, 15) is 9.90 Å². The first-order valence-electron chi connectivity index (χ1n) is 7.68. The molecule has 1 amide bonds. The molecule has 2 aliphatic rings. The lowest BCUT2D eigenvalue weighted by Gasteiger charge is -2.41. The first kappa shape index (κ1) is 14.8. The van der Waals surface area contributed by atoms with Crippen LogP contribution in [0.5, 0.6) is 0 Å². The van der Waals surface area contributed by atoms with Gasteiger partial charge in [-0.25, -0.2) is 0 Å². The summed E-state index contributed by atoms with van der Waals surface area (Å²) in [5.41, 5.74) is -1.16. The van der Waals surface area contributed by atoms with Gasteiger partial charge < -0.3 is 14.9 Å². The Morgan fingerprint density at radius 3 is 2.58 bits per heavy atom. The number of rotatable bonds is 4. The average Bonchev–Trinajstić information content (AvgIpc) is 2.36. The number of hydrogen-bond donors (Lipinski definition) is 1. The number of nitrogens with zero attached hydrogens (tertiary/aromatic N) is 2. The highest BCUT2D eigenvalue weighted by Crippen LogP contribution is 2.28. The van der Waals surface area contributed by atoms with Crippen LogP contribution in [0.1, 0.15) is 44.9 Å². The number of carbonyl (C=O) groups excluding carboxylic acids is 1. The molecule has 0 bridgehead atoms. The molecule has 19 heavy (non-hydrogen) atoms. The van der Waals surface area contributed by atoms with Crippen LogP contribution in [0.15, 0.2) is 0 Å². The quantitative estimate of drug-likeness (QED) is 0.840. The van der Waals surface area contributed by atoms with E-state index in [0.29, 0.717) is 18.9 Å². The number of aliphatic hydroxyl groups is 1. The van der Waals surface area contributed by atoms with Gasteiger partial charge in [0.15, 0.2) is 5.60 Å². The van der Waals surface area contributed by atoms with Gasteiger partial charge in [0.25, 0.3) is 5.91 Å². The van der Waals surface area contributed by atoms with Gasteiger partial charge in [-0.3, -0.25) is 4.79 Å². The minimum absolute atomic E-state index is 0.0435. The molecular weight excluding hydrogens is 240 g/mol. The largest absolute Gasteiger partial charge is 0.379 e. The van der Waals surface area contributed by atoms with Gasteiger partial charge in [0.2, 0.25) is 0 Å². The van der Waals surface area contributed by atoms with E-state index in [1.54, 1.807) is 0 Å². The van der Waals surface area contributed by atoms with Crippen molar-refractivity contribution in [2.24, 2.45) is 5.92 Å². The lowest BCUT2D eigenvalue weighted by molar-refractivity contribution is -0.159. The van der Waals surface area contributed by atoms with E-state index in [4.69, 9.17) is 0 Å². The summed E-state index contributed by atoms with van der Waals surface area (Å²) in [7, 11) is 3.82. The molecule has 1 heterocycles. The predicted octanol–water partition coefficient (Wildman–Crippen LogP) is 1.48. The van der Waals surface area contributed by atoms with Crippen molar-refractivity contribution in [3.8, 4) is 0 Å². The first-order valence-corrected chi connectivity index (χ1v) is 7.68. The molecule has 0 radical (unpaired) electrons. The molecular formula is C15H28N2O2. The van der Waals surface area contributed by atoms with E-state index < -0.39 is 5.60 Å². The van der Waals surface area contributed by atoms with Gasteiger partial charge >= 0.3 is 0 Å². The second-order valence-electron chi connectivity index (χ2n) is 6.63. The van der Waals surface area contributed by atoms with Crippen molar-refractivity contribution < 1.29 is 9.90 Å². The topological polar surface area (TPSA) is 43.8 Å². The highest BCUT2D eigenvalue weighted by Gasteiger charge is 2.42. The predicted molar refractivity (Wildman–Crippen MR) is 75.9 cm³/mol. The van der Waals surface area contributed by atoms with Crippen molar-refractivity contribution in [3.05, 3.63) is 0 Å². The van der Waals surface area contributed by atoms with Crippen molar-refractivity contribution in [1.82, 2.24) is 9.80 Å². The number of piperidine rings is 1. The summed E-state index contributed by atoms with van der Waals surface area (Å²) in [5, 5.41) is 10.6. The molecule has 1 saturated carbocycles. The molecule has 0 aromatic carbocycles. The first-order chi connectivity index (χ1) is 9.01. The van der Waals surface area contributed by atoms with E-state index in [1.165, 1.54) is 32.1 Å². The number of likely N-dealkylation sites (N-methyl/N-ethyl adjacent to an activating group) is 1. The van der Waals surface area contributed by atoms with Crippen LogP contribution in [0, 0.1) is 5.92 Å². The molecule has 2 fully saturated rings. The zero-order valence-corrected chi connectivity index (χ0v) is 12.4. The van der Waals surface area contributed by atoms with Crippen LogP contribution in [0.4, 0.5) is 0 Å². The zero-order valence-electron chi connectivity index (χ0n) is 12.4. The summed E-state index contributed by atoms with van der Waals surface area (Å²) < 4.78 is 0. The zero-order chi connectivity index (χ0) is 13.9. The monoisotopic (exact) mass is 268 g/mol. The van der Waals surface area contributed by atoms with Gasteiger partial charge in [-0.2, -0.15) is 0 Å². The Morgan fingerprint density at radius 2 is 1.95 bits per heavy atom. The molecule has 1 N–H and O–H groups in total. The summed E-state index contributed by atoms with van der Waals surface area (Å²) in [6.45, 7) is 2.12. The van der Waals surface area contributed by atoms with Crippen LogP contribution in [-0.2, 0) is 4.79 Å². The standard InChI is InChI=1S/C15H28N2O2/c1-16(2)12-15(19)9-6-10-17(14(15)18)11-13-7-4-3-5-8-13/h13,19H,3-12H2,1-2H3/t15-/m1/s1. The maximum Gasteiger partial charge on any atom is 0.255 e. The maximum atomic E-state index is 12.5. The molecule has 1 saturated heterocycles. The molecule has 110 valence electrons. The smallest absolute Gasteiger partial charge is 0.255 e. The average molecular weight is 268 g/mol. The molecule has 0 spiro atoms. The van der Waals surface area contributed by atoms with Gasteiger partial charge in [0, 0.05) is 19.6 Å². The number of likely N-dealkylation sites (tertiary alicyclic amines) is 1. The lowest BCUT2D eigenvalue weighted by atomic mass is 9.86. The molecule has 4 heteroatoms. The summed E-state index contributed by atoms with van der Waals surface area (Å²) >= 11 is 0. The van der Waals surface area contributed by atoms with E-state index in [0.717, 1.165) is 19.5 Å². The second kappa shape index (κ2) is 6.23. The van der Waals surface area contributed by atoms with Gasteiger partial charge in [-0.1, -0.05) is 19.3 Å². The Balaban J connectivity index is 1.95. The molecule has 1 aliphatic heterocycles. The molecule has 0 unspecified atom stereocenters. The van der Waals surface area contributed by atoms with Gasteiger partial charge in [-0.05, 0) is 45.7 Å². The van der Waals surface area contributed by atoms with Crippen LogP contribution in [-0.4, -0.2) is 60.1 Å². The van der Waals surface area contributed by atoms with Gasteiger partial charge in [0.1, 0.15) is 0 Å². The second-order valence-corrected chi connectivity index (χ2v) is 6.63. The molecule has 2 rings (SSSR count). The minimum atomic E-state index is -1.16. The summed E-state index contributed by atoms with van der Waals surface area (Å²) in [5.74, 6) is 0.609. The third-order valence-corrected chi connectivity index (χ3v) is 4.48. The SMILES string of the molecule is CN(C)C[C@]1(O)CCCN(CC2CCCCC2)C1=O. The maximum absolute atomic E-state index is 12.5. The van der Waals surface area contributed by atoms with Crippen molar-refractivity contribution in [1.29, 1.82) is 0 Å². The third-order valence-electron chi connectivity index (χ3n) is 4.48. The Hall–Kier alpha value is -0.610. The summed E-state index contributed by atoms with van der Waals surface area (Å²) in [6.07, 6.45) is 7.96. The molecule has 0 aromatic heterocycles. The van der Waals surface area contributed by atoms with E-state index in [-0.39, 0.29) is 5.91 Å². The third kappa shape index (κ3) is 3.69. The molecule has 4 nitrogen and oxygen atoms in total. The summed E-state index contributed by atoms with van der Waals surface area (Å²) in [4.78, 5) is 16.3. The van der Waals surface area contributed by atoms with Crippen molar-refractivity contribution >= 4 is 5.91 Å². The van der Waals surface area contributed by atoms with Crippen molar-refractivity contribution in [2.75, 3.05) is 33.7 Å². The fourth-order valence-electron chi connectivity index (χ4n) is 3.59. The molecule has 1 atom stereocenters. The number of amides is 1. The fraction of sp³-hybridized carbons (Fsp3) is 0.933. The Morgan fingerprint density at radius 1 is 1.26 bits per heavy atom. The fourth-order valence-corrected chi connectivity index (χ4v) is 3.59. The van der Waals surface area contributed by atoms with Crippen molar-refractivity contribution in [3.63, 3.8) is 0 Å². The highest BCUT2D eigenvalue weighted by atomic mass is 16.3. The Bertz CT molecular complexity index is 313.